The summed E-state index contributed by atoms with van der Waals surface area (Å²) in [6.07, 6.45) is -10.5. The van der Waals surface area contributed by atoms with Gasteiger partial charge >= 0.3 is 24.3 Å². The monoisotopic (exact) mass is 1040 g/mol. The number of carboxylic acids is 1. The van der Waals surface area contributed by atoms with E-state index >= 15 is 0 Å². The van der Waals surface area contributed by atoms with Gasteiger partial charge in [-0.3, -0.25) is 4.79 Å². The summed E-state index contributed by atoms with van der Waals surface area (Å²) in [7, 11) is 1.21. The van der Waals surface area contributed by atoms with Crippen molar-refractivity contribution in [1.82, 2.24) is 30.0 Å². The number of phenolic OH excluding ortho intramolecular Hbond substituents is 1. The van der Waals surface area contributed by atoms with E-state index in [0.29, 0.717) is 32.3 Å². The van der Waals surface area contributed by atoms with Crippen LogP contribution in [0.5, 0.6) is 11.5 Å². The van der Waals surface area contributed by atoms with E-state index in [0.717, 1.165) is 47.4 Å². The molecule has 0 aliphatic carbocycles. The number of alkyl halides is 7. The third-order valence-electron chi connectivity index (χ3n) is 8.81. The van der Waals surface area contributed by atoms with E-state index in [1.165, 1.54) is 53.1 Å². The number of aliphatic carboxylic acids is 1. The molecule has 67 heavy (non-hydrogen) atoms. The minimum Gasteiger partial charge on any atom is -0.506 e. The Morgan fingerprint density at radius 2 is 1.00 bits per heavy atom. The van der Waals surface area contributed by atoms with Crippen LogP contribution in [0.15, 0.2) is 133 Å². The van der Waals surface area contributed by atoms with E-state index in [1.807, 2.05) is 24.3 Å². The fourth-order valence-electron chi connectivity index (χ4n) is 5.65. The summed E-state index contributed by atoms with van der Waals surface area (Å²) in [4.78, 5) is 24.8. The second-order valence-electron chi connectivity index (χ2n) is 13.2. The van der Waals surface area contributed by atoms with Crippen molar-refractivity contribution in [1.29, 1.82) is 0 Å². The van der Waals surface area contributed by atoms with Crippen molar-refractivity contribution >= 4 is 73.1 Å². The highest BCUT2D eigenvalue weighted by atomic mass is 79.9. The van der Waals surface area contributed by atoms with Gasteiger partial charge in [0.25, 0.3) is 0 Å². The number of halogens is 9. The fourth-order valence-corrected chi connectivity index (χ4v) is 6.48. The molecule has 8 rings (SSSR count). The van der Waals surface area contributed by atoms with Crippen molar-refractivity contribution in [3.05, 3.63) is 166 Å². The van der Waals surface area contributed by atoms with Gasteiger partial charge in [0.05, 0.1) is 18.2 Å². The van der Waals surface area contributed by atoms with Crippen LogP contribution < -0.4 is 4.74 Å². The van der Waals surface area contributed by atoms with Crippen molar-refractivity contribution in [2.45, 2.75) is 45.6 Å². The zero-order valence-corrected chi connectivity index (χ0v) is 35.6. The predicted octanol–water partition coefficient (Wildman–Crippen LogP) is 13.3. The minimum absolute atomic E-state index is 0. The number of carboxylic acid groups (broad SMARTS) is 1. The zero-order valence-electron chi connectivity index (χ0n) is 32.5. The van der Waals surface area contributed by atoms with Crippen LogP contribution in [0.1, 0.15) is 55.5 Å². The number of nitrogens with zero attached hydrogens (tertiary/aromatic N) is 6. The Morgan fingerprint density at radius 3 is 1.40 bits per heavy atom. The molecule has 0 aliphatic heterocycles. The molecule has 0 radical (unpaired) electrons. The van der Waals surface area contributed by atoms with E-state index in [4.69, 9.17) is 27.9 Å². The molecule has 2 heterocycles. The number of esters is 1. The van der Waals surface area contributed by atoms with Crippen LogP contribution in [0.2, 0.25) is 10.0 Å². The van der Waals surface area contributed by atoms with Crippen molar-refractivity contribution in [2.24, 2.45) is 0 Å². The van der Waals surface area contributed by atoms with Crippen LogP contribution in [0.4, 0.5) is 26.3 Å². The van der Waals surface area contributed by atoms with E-state index in [-0.39, 0.29) is 45.0 Å². The number of rotatable bonds is 8. The lowest BCUT2D eigenvalue weighted by Crippen LogP contribution is -2.19. The maximum Gasteiger partial charge on any atom is 0.416 e. The second-order valence-corrected chi connectivity index (χ2v) is 15.0. The van der Waals surface area contributed by atoms with Crippen molar-refractivity contribution in [3.8, 4) is 22.9 Å². The smallest absolute Gasteiger partial charge is 0.416 e. The van der Waals surface area contributed by atoms with Gasteiger partial charge in [0.1, 0.15) is 49.8 Å². The number of phenols is 1. The molecule has 0 aliphatic rings. The Labute approximate surface area is 398 Å². The van der Waals surface area contributed by atoms with Gasteiger partial charge in [-0.05, 0) is 90.5 Å². The van der Waals surface area contributed by atoms with Gasteiger partial charge in [-0.15, -0.1) is 30.0 Å². The van der Waals surface area contributed by atoms with Crippen LogP contribution in [-0.4, -0.2) is 59.2 Å². The number of methoxy groups -OCH3 is 1. The average molecular weight is 1040 g/mol. The quantitative estimate of drug-likeness (QED) is 0.0854. The predicted molar refractivity (Wildman–Crippen MR) is 247 cm³/mol. The van der Waals surface area contributed by atoms with Crippen LogP contribution in [0.25, 0.3) is 33.4 Å². The van der Waals surface area contributed by atoms with Crippen molar-refractivity contribution in [3.63, 3.8) is 0 Å². The lowest BCUT2D eigenvalue weighted by atomic mass is 10.1. The molecule has 354 valence electrons. The second kappa shape index (κ2) is 23.2. The first-order valence-electron chi connectivity index (χ1n) is 18.2. The number of fused-ring (bicyclic) bond motifs is 2. The van der Waals surface area contributed by atoms with Gasteiger partial charge in [-0.25, -0.2) is 4.79 Å². The van der Waals surface area contributed by atoms with Gasteiger partial charge in [0, 0.05) is 15.6 Å². The van der Waals surface area contributed by atoms with Gasteiger partial charge in [-0.1, -0.05) is 110 Å². The molecule has 0 spiro atoms. The van der Waals surface area contributed by atoms with Gasteiger partial charge in [0.15, 0.2) is 0 Å². The third-order valence-corrected chi connectivity index (χ3v) is 10.2. The van der Waals surface area contributed by atoms with E-state index in [1.54, 1.807) is 36.4 Å². The van der Waals surface area contributed by atoms with Crippen molar-refractivity contribution < 1.29 is 55.6 Å². The first-order chi connectivity index (χ1) is 30.3. The number of hydrogen-bond donors (Lipinski definition) is 2. The number of ether oxygens (including phenoxy) is 2. The zero-order chi connectivity index (χ0) is 46.3. The topological polar surface area (TPSA) is 154 Å². The average Bonchev–Trinajstić information content (AvgIpc) is 3.91. The summed E-state index contributed by atoms with van der Waals surface area (Å²) in [5, 5.41) is 37.5. The number of benzene rings is 6. The van der Waals surface area contributed by atoms with Crippen molar-refractivity contribution in [2.75, 3.05) is 7.11 Å². The molecular weight excluding hydrogens is 997 g/mol. The molecule has 21 heteroatoms. The minimum atomic E-state index is -4.53. The number of carbonyl (C=O) groups excluding carboxylic acids is 1. The highest BCUT2D eigenvalue weighted by molar-refractivity contribution is 9.09. The normalized spacial score (nSPS) is 11.8. The molecular formula is C46H41BrCl2F6N6O6. The van der Waals surface area contributed by atoms with Gasteiger partial charge in [0.2, 0.25) is 6.10 Å². The number of hydrogen-bond acceptors (Lipinski definition) is 9. The summed E-state index contributed by atoms with van der Waals surface area (Å²) in [6.45, 7) is 0. The first-order valence-corrected chi connectivity index (χ1v) is 19.9. The van der Waals surface area contributed by atoms with E-state index < -0.39 is 46.3 Å². The lowest BCUT2D eigenvalue weighted by Gasteiger charge is -2.18. The largest absolute Gasteiger partial charge is 0.506 e. The Kier molecular flexibility index (Phi) is 18.9. The first kappa shape index (κ1) is 54.6. The Hall–Kier alpha value is -6.70. The summed E-state index contributed by atoms with van der Waals surface area (Å²) in [5.41, 5.74) is 2.31. The molecule has 2 unspecified atom stereocenters. The Morgan fingerprint density at radius 1 is 0.612 bits per heavy atom. The number of carbonyl (C=O) groups is 2. The SMILES string of the molecule is C.C.C.COC(=O)C(Br)c1ccc(C(F)(F)F)cc1.O=C(O)C(Oc1ccc(Cl)cc1-n1nc2ccccc2n1)c1ccc(C(F)(F)F)cc1.Oc1ccc(Cl)cc1-n1nc2ccccc2n1. The number of aromatic nitrogens is 6. The molecule has 6 aromatic carbocycles. The summed E-state index contributed by atoms with van der Waals surface area (Å²) < 4.78 is 85.3. The fraction of sp³-hybridized carbons (Fsp3) is 0.174. The molecule has 0 saturated carbocycles. The molecule has 0 bridgehead atoms. The van der Waals surface area contributed by atoms with Crippen LogP contribution in [0, 0.1) is 0 Å². The summed E-state index contributed by atoms with van der Waals surface area (Å²) in [5.74, 6) is -1.74. The molecule has 0 amide bonds. The van der Waals surface area contributed by atoms with Gasteiger partial charge < -0.3 is 19.7 Å². The summed E-state index contributed by atoms with van der Waals surface area (Å²) >= 11 is 15.0. The van der Waals surface area contributed by atoms with E-state index in [9.17, 15) is 46.1 Å². The number of aromatic hydroxyl groups is 1. The van der Waals surface area contributed by atoms with Crippen LogP contribution in [-0.2, 0) is 26.7 Å². The molecule has 2 N–H and O–H groups in total. The maximum atomic E-state index is 12.8. The highest BCUT2D eigenvalue weighted by Crippen LogP contribution is 2.35. The summed E-state index contributed by atoms with van der Waals surface area (Å²) in [6, 6.07) is 31.9. The molecule has 2 aromatic heterocycles. The lowest BCUT2D eigenvalue weighted by molar-refractivity contribution is -0.145. The molecule has 0 saturated heterocycles. The van der Waals surface area contributed by atoms with Gasteiger partial charge in [-0.2, -0.15) is 26.3 Å². The van der Waals surface area contributed by atoms with E-state index in [2.05, 4.69) is 41.1 Å². The maximum absolute atomic E-state index is 12.8. The molecule has 8 aromatic rings. The van der Waals surface area contributed by atoms with Crippen LogP contribution in [0.3, 0.4) is 0 Å². The van der Waals surface area contributed by atoms with Crippen LogP contribution >= 0.6 is 39.1 Å². The molecule has 12 nitrogen and oxygen atoms in total. The standard InChI is InChI=1S/C21H13ClF3N3O3.C12H8ClN3O.C10H8BrF3O2.3CH4/c22-14-9-10-18(17(11-14)28-26-15-3-1-2-4-16(15)27-28)31-19(20(29)30)12-5-7-13(8-6-12)21(23,24)25;13-8-5-6-12(17)11(7-8)16-14-9-3-1-2-4-10(9)15-16;1-16-9(15)8(11)6-2-4-7(5-3-6)10(12,13)14;;;/h1-11,19H,(H,29,30);1-7,17H;2-5,8H,1H3;3*1H4. The molecule has 2 atom stereocenters. The Balaban J connectivity index is 0.000000283. The highest BCUT2D eigenvalue weighted by Gasteiger charge is 2.32. The third kappa shape index (κ3) is 13.7. The Bertz CT molecular complexity index is 2850. The molecule has 0 fully saturated rings.